The molecule has 0 amide bonds. The molecule has 0 saturated carbocycles. The lowest BCUT2D eigenvalue weighted by Gasteiger charge is -2.17. The second-order valence-electron chi connectivity index (χ2n) is 6.89. The Balaban J connectivity index is 1.66. The zero-order valence-corrected chi connectivity index (χ0v) is 14.6. The zero-order chi connectivity index (χ0) is 17.6. The van der Waals surface area contributed by atoms with Gasteiger partial charge in [0.05, 0.1) is 11.1 Å². The van der Waals surface area contributed by atoms with Crippen molar-refractivity contribution in [2.75, 3.05) is 0 Å². The fraction of sp³-hybridized carbons (Fsp3) is 0.421. The SMILES string of the molecule is Cc1noc(C(C)OC(=O)c2cccc3c4c([nH]c23)CCC(C)C4)n1. The number of benzene rings is 1. The molecule has 0 saturated heterocycles. The van der Waals surface area contributed by atoms with Gasteiger partial charge in [0.15, 0.2) is 11.9 Å². The molecule has 0 aliphatic heterocycles. The number of hydrogen-bond donors (Lipinski definition) is 1. The number of nitrogens with one attached hydrogen (secondary N) is 1. The molecule has 3 aromatic rings. The number of carbonyl (C=O) groups is 1. The van der Waals surface area contributed by atoms with Gasteiger partial charge in [-0.2, -0.15) is 4.98 Å². The largest absolute Gasteiger partial charge is 0.449 e. The predicted molar refractivity (Wildman–Crippen MR) is 92.4 cm³/mol. The average Bonchev–Trinajstić information content (AvgIpc) is 3.18. The molecule has 0 fully saturated rings. The number of para-hydroxylation sites is 1. The van der Waals surface area contributed by atoms with Gasteiger partial charge in [0, 0.05) is 11.1 Å². The lowest BCUT2D eigenvalue weighted by Crippen LogP contribution is -2.10. The number of fused-ring (bicyclic) bond motifs is 3. The second kappa shape index (κ2) is 6.02. The van der Waals surface area contributed by atoms with E-state index in [0.717, 1.165) is 23.7 Å². The molecule has 1 aliphatic rings. The fourth-order valence-electron chi connectivity index (χ4n) is 3.54. The first-order chi connectivity index (χ1) is 12.0. The van der Waals surface area contributed by atoms with E-state index >= 15 is 0 Å². The molecule has 130 valence electrons. The van der Waals surface area contributed by atoms with E-state index in [9.17, 15) is 4.79 Å². The van der Waals surface area contributed by atoms with Gasteiger partial charge >= 0.3 is 5.97 Å². The van der Waals surface area contributed by atoms with Gasteiger partial charge in [0.25, 0.3) is 5.89 Å². The van der Waals surface area contributed by atoms with Gasteiger partial charge in [-0.15, -0.1) is 0 Å². The van der Waals surface area contributed by atoms with E-state index in [1.165, 1.54) is 17.7 Å². The van der Waals surface area contributed by atoms with E-state index in [-0.39, 0.29) is 5.97 Å². The topological polar surface area (TPSA) is 81.0 Å². The molecule has 2 atom stereocenters. The van der Waals surface area contributed by atoms with Crippen LogP contribution in [0.1, 0.15) is 59.7 Å². The normalized spacial score (nSPS) is 18.1. The number of aromatic amines is 1. The monoisotopic (exact) mass is 339 g/mol. The summed E-state index contributed by atoms with van der Waals surface area (Å²) in [7, 11) is 0. The highest BCUT2D eigenvalue weighted by Gasteiger charge is 2.24. The third kappa shape index (κ3) is 2.81. The van der Waals surface area contributed by atoms with Gasteiger partial charge in [-0.3, -0.25) is 0 Å². The Kier molecular flexibility index (Phi) is 3.82. The molecule has 6 heteroatoms. The van der Waals surface area contributed by atoms with Crippen molar-refractivity contribution in [3.8, 4) is 0 Å². The third-order valence-electron chi connectivity index (χ3n) is 4.86. The molecule has 6 nitrogen and oxygen atoms in total. The number of H-pyrrole nitrogens is 1. The van der Waals surface area contributed by atoms with Crippen LogP contribution in [0.2, 0.25) is 0 Å². The van der Waals surface area contributed by atoms with Crippen molar-refractivity contribution in [3.63, 3.8) is 0 Å². The summed E-state index contributed by atoms with van der Waals surface area (Å²) in [6.45, 7) is 5.73. The van der Waals surface area contributed by atoms with E-state index in [4.69, 9.17) is 9.26 Å². The van der Waals surface area contributed by atoms with Gasteiger partial charge in [0.1, 0.15) is 0 Å². The van der Waals surface area contributed by atoms with Crippen LogP contribution in [0.5, 0.6) is 0 Å². The van der Waals surface area contributed by atoms with Crippen molar-refractivity contribution < 1.29 is 14.1 Å². The summed E-state index contributed by atoms with van der Waals surface area (Å²) in [6.07, 6.45) is 2.66. The molecule has 2 heterocycles. The molecule has 0 spiro atoms. The smallest absolute Gasteiger partial charge is 0.341 e. The summed E-state index contributed by atoms with van der Waals surface area (Å²) >= 11 is 0. The number of hydrogen-bond acceptors (Lipinski definition) is 5. The van der Waals surface area contributed by atoms with E-state index in [1.807, 2.05) is 6.07 Å². The van der Waals surface area contributed by atoms with Crippen LogP contribution in [0.4, 0.5) is 0 Å². The van der Waals surface area contributed by atoms with Crippen LogP contribution in [0.25, 0.3) is 10.9 Å². The molecular weight excluding hydrogens is 318 g/mol. The van der Waals surface area contributed by atoms with Gasteiger partial charge in [0.2, 0.25) is 0 Å². The first kappa shape index (κ1) is 15.9. The lowest BCUT2D eigenvalue weighted by atomic mass is 9.87. The third-order valence-corrected chi connectivity index (χ3v) is 4.86. The summed E-state index contributed by atoms with van der Waals surface area (Å²) in [5.41, 5.74) is 3.99. The summed E-state index contributed by atoms with van der Waals surface area (Å²) in [6, 6.07) is 5.78. The van der Waals surface area contributed by atoms with Crippen molar-refractivity contribution in [1.82, 2.24) is 15.1 Å². The maximum atomic E-state index is 12.7. The standard InChI is InChI=1S/C19H21N3O3/c1-10-7-8-16-15(9-10)13-5-4-6-14(17(13)21-16)19(23)24-11(2)18-20-12(3)22-25-18/h4-6,10-11,21H,7-9H2,1-3H3. The Labute approximate surface area is 145 Å². The van der Waals surface area contributed by atoms with Crippen molar-refractivity contribution in [2.24, 2.45) is 5.92 Å². The first-order valence-electron chi connectivity index (χ1n) is 8.66. The summed E-state index contributed by atoms with van der Waals surface area (Å²) in [5.74, 6) is 1.10. The summed E-state index contributed by atoms with van der Waals surface area (Å²) < 4.78 is 10.6. The highest BCUT2D eigenvalue weighted by molar-refractivity contribution is 6.04. The number of esters is 1. The first-order valence-corrected chi connectivity index (χ1v) is 8.66. The van der Waals surface area contributed by atoms with Crippen LogP contribution in [-0.2, 0) is 17.6 Å². The van der Waals surface area contributed by atoms with Gasteiger partial charge in [-0.25, -0.2) is 4.79 Å². The molecule has 1 N–H and O–H groups in total. The number of nitrogens with zero attached hydrogens (tertiary/aromatic N) is 2. The molecule has 0 radical (unpaired) electrons. The second-order valence-corrected chi connectivity index (χ2v) is 6.89. The van der Waals surface area contributed by atoms with Crippen LogP contribution in [0.3, 0.4) is 0 Å². The van der Waals surface area contributed by atoms with Gasteiger partial charge in [-0.1, -0.05) is 24.2 Å². The van der Waals surface area contributed by atoms with Crippen molar-refractivity contribution in [3.05, 3.63) is 46.7 Å². The average molecular weight is 339 g/mol. The zero-order valence-electron chi connectivity index (χ0n) is 14.6. The lowest BCUT2D eigenvalue weighted by molar-refractivity contribution is 0.0267. The number of aromatic nitrogens is 3. The van der Waals surface area contributed by atoms with Crippen LogP contribution in [0.15, 0.2) is 22.7 Å². The van der Waals surface area contributed by atoms with Crippen molar-refractivity contribution in [1.29, 1.82) is 0 Å². The minimum atomic E-state index is -0.589. The summed E-state index contributed by atoms with van der Waals surface area (Å²) in [4.78, 5) is 20.3. The number of carbonyl (C=O) groups excluding carboxylic acids is 1. The number of aryl methyl sites for hydroxylation is 2. The Morgan fingerprint density at radius 1 is 1.44 bits per heavy atom. The highest BCUT2D eigenvalue weighted by atomic mass is 16.6. The summed E-state index contributed by atoms with van der Waals surface area (Å²) in [5, 5.41) is 4.86. The van der Waals surface area contributed by atoms with E-state index in [1.54, 1.807) is 19.9 Å². The van der Waals surface area contributed by atoms with Gasteiger partial charge < -0.3 is 14.2 Å². The Morgan fingerprint density at radius 3 is 3.04 bits per heavy atom. The van der Waals surface area contributed by atoms with Crippen LogP contribution in [-0.4, -0.2) is 21.1 Å². The van der Waals surface area contributed by atoms with Crippen LogP contribution >= 0.6 is 0 Å². The van der Waals surface area contributed by atoms with Crippen molar-refractivity contribution in [2.45, 2.75) is 46.1 Å². The van der Waals surface area contributed by atoms with Crippen LogP contribution in [0, 0.1) is 12.8 Å². The fourth-order valence-corrected chi connectivity index (χ4v) is 3.54. The Morgan fingerprint density at radius 2 is 2.28 bits per heavy atom. The van der Waals surface area contributed by atoms with E-state index in [0.29, 0.717) is 23.2 Å². The van der Waals surface area contributed by atoms with Crippen LogP contribution < -0.4 is 0 Å². The molecule has 2 aromatic heterocycles. The minimum absolute atomic E-state index is 0.303. The predicted octanol–water partition coefficient (Wildman–Crippen LogP) is 3.90. The van der Waals surface area contributed by atoms with E-state index < -0.39 is 6.10 Å². The Hall–Kier alpha value is -2.63. The minimum Gasteiger partial charge on any atom is -0.449 e. The molecule has 1 aromatic carbocycles. The molecule has 1 aliphatic carbocycles. The maximum Gasteiger partial charge on any atom is 0.341 e. The molecule has 2 unspecified atom stereocenters. The molecule has 25 heavy (non-hydrogen) atoms. The number of rotatable bonds is 3. The van der Waals surface area contributed by atoms with E-state index in [2.05, 4.69) is 28.1 Å². The molecule has 0 bridgehead atoms. The Bertz CT molecular complexity index is 941. The molecule has 4 rings (SSSR count). The molecular formula is C19H21N3O3. The number of ether oxygens (including phenoxy) is 1. The maximum absolute atomic E-state index is 12.7. The van der Waals surface area contributed by atoms with Crippen molar-refractivity contribution >= 4 is 16.9 Å². The highest BCUT2D eigenvalue weighted by Crippen LogP contribution is 2.33. The quantitative estimate of drug-likeness (QED) is 0.732. The van der Waals surface area contributed by atoms with Gasteiger partial charge in [-0.05, 0) is 50.7 Å².